The molecule has 2 N–H and O–H groups in total. The number of halogens is 2. The topological polar surface area (TPSA) is 73.0 Å². The molecular weight excluding hydrogens is 433 g/mol. The zero-order chi connectivity index (χ0) is 22.0. The number of nitrogens with one attached hydrogen (secondary N) is 2. The number of carbonyl (C=O) groups excluding carboxylic acids is 2. The van der Waals surface area contributed by atoms with Crippen LogP contribution in [0.15, 0.2) is 66.7 Å². The zero-order valence-electron chi connectivity index (χ0n) is 16.5. The minimum absolute atomic E-state index is 0.0590. The van der Waals surface area contributed by atoms with Gasteiger partial charge in [-0.15, -0.1) is 0 Å². The summed E-state index contributed by atoms with van der Waals surface area (Å²) in [5.74, 6) is 0.000400. The lowest BCUT2D eigenvalue weighted by Crippen LogP contribution is -2.16. The molecule has 3 aromatic carbocycles. The van der Waals surface area contributed by atoms with Gasteiger partial charge in [-0.1, -0.05) is 53.5 Å². The molecule has 4 rings (SSSR count). The Balaban J connectivity index is 1.51. The molecule has 5 nitrogen and oxygen atoms in total. The van der Waals surface area contributed by atoms with Crippen molar-refractivity contribution in [2.24, 2.45) is 0 Å². The van der Waals surface area contributed by atoms with E-state index >= 15 is 0 Å². The number of rotatable bonds is 6. The van der Waals surface area contributed by atoms with Crippen molar-refractivity contribution < 1.29 is 9.59 Å². The van der Waals surface area contributed by atoms with Gasteiger partial charge in [-0.25, -0.2) is 0 Å². The van der Waals surface area contributed by atoms with Crippen molar-refractivity contribution in [3.63, 3.8) is 0 Å². The zero-order valence-corrected chi connectivity index (χ0v) is 18.0. The summed E-state index contributed by atoms with van der Waals surface area (Å²) in [6.45, 7) is 1.80. The fraction of sp³-hybridized carbons (Fsp3) is 0.125. The number of anilines is 1. The Hall–Kier alpha value is -3.15. The van der Waals surface area contributed by atoms with E-state index in [0.29, 0.717) is 38.3 Å². The van der Waals surface area contributed by atoms with Gasteiger partial charge in [0.1, 0.15) is 5.84 Å². The normalized spacial score (nSPS) is 12.4. The maximum absolute atomic E-state index is 12.9. The molecular formula is C24H19Cl2N3O2. The van der Waals surface area contributed by atoms with Gasteiger partial charge in [-0.3, -0.25) is 15.0 Å². The Labute approximate surface area is 190 Å². The van der Waals surface area contributed by atoms with Gasteiger partial charge in [-0.2, -0.15) is 0 Å². The SMILES string of the molecule is N=C(c1ccc(C(=O)Cc2ccc(Cl)cc2C(=O)Nc2ccc(Cl)cc2)cc1)N1CC1. The van der Waals surface area contributed by atoms with Crippen LogP contribution in [0.1, 0.15) is 31.8 Å². The molecule has 0 radical (unpaired) electrons. The first-order chi connectivity index (χ1) is 14.9. The molecule has 0 spiro atoms. The number of nitrogens with zero attached hydrogens (tertiary/aromatic N) is 1. The highest BCUT2D eigenvalue weighted by molar-refractivity contribution is 6.31. The first kappa shape index (κ1) is 21.1. The number of hydrogen-bond acceptors (Lipinski definition) is 3. The minimum atomic E-state index is -0.352. The summed E-state index contributed by atoms with van der Waals surface area (Å²) in [4.78, 5) is 27.6. The molecule has 1 fully saturated rings. The molecule has 0 unspecified atom stereocenters. The lowest BCUT2D eigenvalue weighted by molar-refractivity contribution is 0.0992. The van der Waals surface area contributed by atoms with Crippen LogP contribution < -0.4 is 5.32 Å². The van der Waals surface area contributed by atoms with Gasteiger partial charge >= 0.3 is 0 Å². The first-order valence-electron chi connectivity index (χ1n) is 9.73. The minimum Gasteiger partial charge on any atom is -0.353 e. The molecule has 0 saturated carbocycles. The second kappa shape index (κ2) is 8.92. The lowest BCUT2D eigenvalue weighted by atomic mass is 9.97. The van der Waals surface area contributed by atoms with Crippen LogP contribution in [0.4, 0.5) is 5.69 Å². The van der Waals surface area contributed by atoms with Crippen molar-refractivity contribution in [3.8, 4) is 0 Å². The van der Waals surface area contributed by atoms with E-state index in [-0.39, 0.29) is 18.1 Å². The molecule has 3 aromatic rings. The van der Waals surface area contributed by atoms with E-state index in [2.05, 4.69) is 5.32 Å². The van der Waals surface area contributed by atoms with E-state index in [9.17, 15) is 9.59 Å². The number of amides is 1. The number of ketones is 1. The van der Waals surface area contributed by atoms with Crippen LogP contribution in [0.3, 0.4) is 0 Å². The Morgan fingerprint density at radius 2 is 1.48 bits per heavy atom. The molecule has 1 aliphatic heterocycles. The van der Waals surface area contributed by atoms with Crippen LogP contribution in [0.25, 0.3) is 0 Å². The molecule has 1 amide bonds. The number of amidine groups is 1. The highest BCUT2D eigenvalue weighted by Crippen LogP contribution is 2.21. The van der Waals surface area contributed by atoms with Crippen molar-refractivity contribution in [1.29, 1.82) is 5.41 Å². The number of benzene rings is 3. The Morgan fingerprint density at radius 3 is 2.13 bits per heavy atom. The van der Waals surface area contributed by atoms with Crippen LogP contribution in [0.5, 0.6) is 0 Å². The largest absolute Gasteiger partial charge is 0.353 e. The van der Waals surface area contributed by atoms with Crippen molar-refractivity contribution >= 4 is 46.4 Å². The van der Waals surface area contributed by atoms with Gasteiger partial charge in [0, 0.05) is 51.9 Å². The van der Waals surface area contributed by atoms with E-state index in [1.54, 1.807) is 66.7 Å². The average Bonchev–Trinajstić information content (AvgIpc) is 3.61. The maximum Gasteiger partial charge on any atom is 0.256 e. The fourth-order valence-corrected chi connectivity index (χ4v) is 3.49. The van der Waals surface area contributed by atoms with Gasteiger partial charge in [0.25, 0.3) is 5.91 Å². The van der Waals surface area contributed by atoms with Crippen LogP contribution >= 0.6 is 23.2 Å². The molecule has 7 heteroatoms. The van der Waals surface area contributed by atoms with Crippen molar-refractivity contribution in [1.82, 2.24) is 4.90 Å². The number of hydrogen-bond donors (Lipinski definition) is 2. The average molecular weight is 452 g/mol. The predicted octanol–water partition coefficient (Wildman–Crippen LogP) is 5.31. The molecule has 0 aromatic heterocycles. The summed E-state index contributed by atoms with van der Waals surface area (Å²) >= 11 is 12.0. The van der Waals surface area contributed by atoms with E-state index in [4.69, 9.17) is 28.6 Å². The maximum atomic E-state index is 12.9. The summed E-state index contributed by atoms with van der Waals surface area (Å²) in [6, 6.07) is 18.7. The highest BCUT2D eigenvalue weighted by atomic mass is 35.5. The third-order valence-corrected chi connectivity index (χ3v) is 5.50. The number of carbonyl (C=O) groups is 2. The van der Waals surface area contributed by atoms with Gasteiger partial charge in [0.2, 0.25) is 0 Å². The summed E-state index contributed by atoms with van der Waals surface area (Å²) in [5.41, 5.74) is 2.83. The molecule has 0 aliphatic carbocycles. The summed E-state index contributed by atoms with van der Waals surface area (Å²) < 4.78 is 0. The molecule has 0 bridgehead atoms. The molecule has 0 atom stereocenters. The van der Waals surface area contributed by atoms with Crippen molar-refractivity contribution in [2.45, 2.75) is 6.42 Å². The lowest BCUT2D eigenvalue weighted by Gasteiger charge is -2.11. The van der Waals surface area contributed by atoms with Crippen LogP contribution in [-0.2, 0) is 6.42 Å². The van der Waals surface area contributed by atoms with Crippen molar-refractivity contribution in [2.75, 3.05) is 18.4 Å². The second-order valence-corrected chi connectivity index (χ2v) is 8.15. The number of Topliss-reactive ketones (excluding diaryl/α,β-unsaturated/α-hetero) is 1. The summed E-state index contributed by atoms with van der Waals surface area (Å²) in [6.07, 6.45) is 0.0590. The first-order valence-corrected chi connectivity index (χ1v) is 10.5. The second-order valence-electron chi connectivity index (χ2n) is 7.28. The standard InChI is InChI=1S/C24H19Cl2N3O2/c25-18-7-9-20(10-8-18)28-24(31)21-14-19(26)6-5-17(21)13-22(30)15-1-3-16(4-2-15)23(27)29-11-12-29/h1-10,14,27H,11-13H2,(H,28,31). The Kier molecular flexibility index (Phi) is 6.07. The van der Waals surface area contributed by atoms with Crippen LogP contribution in [0.2, 0.25) is 10.0 Å². The Morgan fingerprint density at radius 1 is 0.871 bits per heavy atom. The van der Waals surface area contributed by atoms with E-state index in [1.807, 2.05) is 4.90 Å². The third-order valence-electron chi connectivity index (χ3n) is 5.01. The molecule has 1 aliphatic rings. The van der Waals surface area contributed by atoms with Gasteiger partial charge < -0.3 is 10.2 Å². The van der Waals surface area contributed by atoms with Crippen LogP contribution in [-0.4, -0.2) is 35.5 Å². The Bertz CT molecular complexity index is 1150. The third kappa shape index (κ3) is 5.13. The monoisotopic (exact) mass is 451 g/mol. The molecule has 1 heterocycles. The van der Waals surface area contributed by atoms with Crippen molar-refractivity contribution in [3.05, 3.63) is 99.0 Å². The van der Waals surface area contributed by atoms with Crippen LogP contribution in [0, 0.1) is 5.41 Å². The molecule has 156 valence electrons. The van der Waals surface area contributed by atoms with E-state index < -0.39 is 0 Å². The predicted molar refractivity (Wildman–Crippen MR) is 124 cm³/mol. The summed E-state index contributed by atoms with van der Waals surface area (Å²) in [7, 11) is 0. The quantitative estimate of drug-likeness (QED) is 0.230. The highest BCUT2D eigenvalue weighted by Gasteiger charge is 2.22. The van der Waals surface area contributed by atoms with Gasteiger partial charge in [0.05, 0.1) is 0 Å². The summed E-state index contributed by atoms with van der Waals surface area (Å²) in [5, 5.41) is 11.9. The fourth-order valence-electron chi connectivity index (χ4n) is 3.19. The molecule has 31 heavy (non-hydrogen) atoms. The smallest absolute Gasteiger partial charge is 0.256 e. The van der Waals surface area contributed by atoms with E-state index in [0.717, 1.165) is 18.7 Å². The van der Waals surface area contributed by atoms with Gasteiger partial charge in [-0.05, 0) is 42.0 Å². The van der Waals surface area contributed by atoms with Gasteiger partial charge in [0.15, 0.2) is 5.78 Å². The van der Waals surface area contributed by atoms with E-state index in [1.165, 1.54) is 0 Å². The molecule has 1 saturated heterocycles.